The highest BCUT2D eigenvalue weighted by molar-refractivity contribution is 5.87. The quantitative estimate of drug-likeness (QED) is 0.795. The molecule has 0 fully saturated rings. The first-order chi connectivity index (χ1) is 10.5. The number of halogens is 1. The molecule has 4 heteroatoms. The zero-order chi connectivity index (χ0) is 16.1. The number of aromatic carboxylic acids is 1. The molecule has 0 aromatic heterocycles. The average Bonchev–Trinajstić information content (AvgIpc) is 2.52. The molecule has 3 nitrogen and oxygen atoms in total. The first kappa shape index (κ1) is 16.0. The van der Waals surface area contributed by atoms with E-state index in [1.807, 2.05) is 12.1 Å². The minimum Gasteiger partial charge on any atom is -0.478 e. The number of rotatable bonds is 6. The van der Waals surface area contributed by atoms with Crippen molar-refractivity contribution in [3.8, 4) is 11.5 Å². The van der Waals surface area contributed by atoms with Crippen LogP contribution >= 0.6 is 0 Å². The van der Waals surface area contributed by atoms with Gasteiger partial charge in [0.25, 0.3) is 0 Å². The molecule has 0 heterocycles. The topological polar surface area (TPSA) is 46.5 Å². The van der Waals surface area contributed by atoms with Gasteiger partial charge in [-0.2, -0.15) is 0 Å². The standard InChI is InChI=1S/C18H19FO3/c1-3-12(4-2)13-5-8-15(9-6-13)22-17-10-7-14(18(20)21)11-16(17)19/h5-12H,3-4H2,1-2H3,(H,20,21). The zero-order valence-corrected chi connectivity index (χ0v) is 12.7. The first-order valence-electron chi connectivity index (χ1n) is 7.35. The summed E-state index contributed by atoms with van der Waals surface area (Å²) in [5.41, 5.74) is 1.13. The maximum atomic E-state index is 13.8. The summed E-state index contributed by atoms with van der Waals surface area (Å²) in [5, 5.41) is 8.81. The van der Waals surface area contributed by atoms with Gasteiger partial charge in [0.15, 0.2) is 11.6 Å². The number of carbonyl (C=O) groups is 1. The Morgan fingerprint density at radius 1 is 1.14 bits per heavy atom. The van der Waals surface area contributed by atoms with Gasteiger partial charge >= 0.3 is 5.97 Å². The van der Waals surface area contributed by atoms with E-state index >= 15 is 0 Å². The summed E-state index contributed by atoms with van der Waals surface area (Å²) in [4.78, 5) is 10.8. The van der Waals surface area contributed by atoms with E-state index in [0.717, 1.165) is 18.9 Å². The van der Waals surface area contributed by atoms with E-state index in [2.05, 4.69) is 13.8 Å². The fourth-order valence-corrected chi connectivity index (χ4v) is 2.41. The van der Waals surface area contributed by atoms with Crippen molar-refractivity contribution in [1.82, 2.24) is 0 Å². The van der Waals surface area contributed by atoms with Crippen molar-refractivity contribution in [2.24, 2.45) is 0 Å². The smallest absolute Gasteiger partial charge is 0.335 e. The molecule has 2 aromatic carbocycles. The third kappa shape index (κ3) is 3.64. The second-order valence-corrected chi connectivity index (χ2v) is 5.13. The van der Waals surface area contributed by atoms with E-state index in [1.165, 1.54) is 17.7 Å². The predicted molar refractivity (Wildman–Crippen MR) is 83.2 cm³/mol. The Morgan fingerprint density at radius 3 is 2.27 bits per heavy atom. The molecule has 0 spiro atoms. The second kappa shape index (κ2) is 7.07. The van der Waals surface area contributed by atoms with Crippen LogP contribution in [0.3, 0.4) is 0 Å². The maximum absolute atomic E-state index is 13.8. The molecule has 1 N–H and O–H groups in total. The molecule has 0 aliphatic carbocycles. The summed E-state index contributed by atoms with van der Waals surface area (Å²) in [5.74, 6) is -0.804. The SMILES string of the molecule is CCC(CC)c1ccc(Oc2ccc(C(=O)O)cc2F)cc1. The van der Waals surface area contributed by atoms with Crippen LogP contribution in [-0.4, -0.2) is 11.1 Å². The molecule has 0 amide bonds. The van der Waals surface area contributed by atoms with Crippen molar-refractivity contribution >= 4 is 5.97 Å². The largest absolute Gasteiger partial charge is 0.478 e. The van der Waals surface area contributed by atoms with Crippen LogP contribution in [0.5, 0.6) is 11.5 Å². The lowest BCUT2D eigenvalue weighted by atomic mass is 9.94. The summed E-state index contributed by atoms with van der Waals surface area (Å²) in [6.45, 7) is 4.30. The first-order valence-corrected chi connectivity index (χ1v) is 7.35. The van der Waals surface area contributed by atoms with Crippen molar-refractivity contribution < 1.29 is 19.0 Å². The van der Waals surface area contributed by atoms with E-state index in [1.54, 1.807) is 12.1 Å². The fourth-order valence-electron chi connectivity index (χ4n) is 2.41. The van der Waals surface area contributed by atoms with Crippen molar-refractivity contribution in [3.63, 3.8) is 0 Å². The lowest BCUT2D eigenvalue weighted by molar-refractivity contribution is 0.0696. The molecule has 2 aromatic rings. The van der Waals surface area contributed by atoms with Crippen LogP contribution < -0.4 is 4.74 Å². The van der Waals surface area contributed by atoms with Gasteiger partial charge in [0.1, 0.15) is 5.75 Å². The molecule has 0 radical (unpaired) electrons. The van der Waals surface area contributed by atoms with Crippen molar-refractivity contribution in [3.05, 3.63) is 59.4 Å². The van der Waals surface area contributed by atoms with Gasteiger partial charge in [-0.3, -0.25) is 0 Å². The molecule has 0 aliphatic rings. The van der Waals surface area contributed by atoms with Crippen LogP contribution in [-0.2, 0) is 0 Å². The molecule has 2 rings (SSSR count). The predicted octanol–water partition coefficient (Wildman–Crippen LogP) is 5.22. The molecular formula is C18H19FO3. The normalized spacial score (nSPS) is 10.7. The lowest BCUT2D eigenvalue weighted by Crippen LogP contribution is -1.98. The second-order valence-electron chi connectivity index (χ2n) is 5.13. The van der Waals surface area contributed by atoms with Crippen LogP contribution in [0.15, 0.2) is 42.5 Å². The van der Waals surface area contributed by atoms with Crippen molar-refractivity contribution in [2.45, 2.75) is 32.6 Å². The highest BCUT2D eigenvalue weighted by Gasteiger charge is 2.11. The van der Waals surface area contributed by atoms with Gasteiger partial charge in [-0.1, -0.05) is 26.0 Å². The highest BCUT2D eigenvalue weighted by atomic mass is 19.1. The Hall–Kier alpha value is -2.36. The van der Waals surface area contributed by atoms with E-state index in [0.29, 0.717) is 11.7 Å². The van der Waals surface area contributed by atoms with Gasteiger partial charge in [0.2, 0.25) is 0 Å². The maximum Gasteiger partial charge on any atom is 0.335 e. The van der Waals surface area contributed by atoms with E-state index < -0.39 is 11.8 Å². The molecule has 22 heavy (non-hydrogen) atoms. The van der Waals surface area contributed by atoms with Gasteiger partial charge in [-0.25, -0.2) is 9.18 Å². The lowest BCUT2D eigenvalue weighted by Gasteiger charge is -2.13. The molecule has 0 saturated heterocycles. The number of hydrogen-bond donors (Lipinski definition) is 1. The van der Waals surface area contributed by atoms with Gasteiger partial charge in [0, 0.05) is 0 Å². The monoisotopic (exact) mass is 302 g/mol. The molecule has 0 saturated carbocycles. The Bertz CT molecular complexity index is 646. The molecule has 0 unspecified atom stereocenters. The summed E-state index contributed by atoms with van der Waals surface area (Å²) >= 11 is 0. The minimum absolute atomic E-state index is 0.0142. The Balaban J connectivity index is 2.16. The van der Waals surface area contributed by atoms with E-state index in [9.17, 15) is 9.18 Å². The van der Waals surface area contributed by atoms with Crippen molar-refractivity contribution in [2.75, 3.05) is 0 Å². The number of benzene rings is 2. The number of carboxylic acids is 1. The van der Waals surface area contributed by atoms with E-state index in [-0.39, 0.29) is 11.3 Å². The van der Waals surface area contributed by atoms with Gasteiger partial charge in [-0.05, 0) is 54.7 Å². The summed E-state index contributed by atoms with van der Waals surface area (Å²) < 4.78 is 19.3. The van der Waals surface area contributed by atoms with Crippen LogP contribution in [0.4, 0.5) is 4.39 Å². The zero-order valence-electron chi connectivity index (χ0n) is 12.7. The Morgan fingerprint density at radius 2 is 1.77 bits per heavy atom. The molecule has 0 aliphatic heterocycles. The number of ether oxygens (including phenoxy) is 1. The van der Waals surface area contributed by atoms with Gasteiger partial charge in [0.05, 0.1) is 5.56 Å². The summed E-state index contributed by atoms with van der Waals surface area (Å²) in [6, 6.07) is 11.2. The van der Waals surface area contributed by atoms with E-state index in [4.69, 9.17) is 9.84 Å². The van der Waals surface area contributed by atoms with Crippen LogP contribution in [0.2, 0.25) is 0 Å². The summed E-state index contributed by atoms with van der Waals surface area (Å²) in [6.07, 6.45) is 2.14. The average molecular weight is 302 g/mol. The summed E-state index contributed by atoms with van der Waals surface area (Å²) in [7, 11) is 0. The number of carboxylic acid groups (broad SMARTS) is 1. The van der Waals surface area contributed by atoms with Crippen molar-refractivity contribution in [1.29, 1.82) is 0 Å². The van der Waals surface area contributed by atoms with Gasteiger partial charge < -0.3 is 9.84 Å². The Labute approximate surface area is 129 Å². The van der Waals surface area contributed by atoms with Crippen LogP contribution in [0.1, 0.15) is 48.5 Å². The minimum atomic E-state index is -1.17. The van der Waals surface area contributed by atoms with Crippen LogP contribution in [0, 0.1) is 5.82 Å². The molecule has 116 valence electrons. The Kier molecular flexibility index (Phi) is 5.15. The fraction of sp³-hybridized carbons (Fsp3) is 0.278. The molecule has 0 bridgehead atoms. The van der Waals surface area contributed by atoms with Gasteiger partial charge in [-0.15, -0.1) is 0 Å². The molecule has 0 atom stereocenters. The third-order valence-electron chi connectivity index (χ3n) is 3.74. The highest BCUT2D eigenvalue weighted by Crippen LogP contribution is 2.28. The third-order valence-corrected chi connectivity index (χ3v) is 3.74. The van der Waals surface area contributed by atoms with Crippen LogP contribution in [0.25, 0.3) is 0 Å². The number of hydrogen-bond acceptors (Lipinski definition) is 2. The molecular weight excluding hydrogens is 283 g/mol.